The van der Waals surface area contributed by atoms with E-state index in [0.717, 1.165) is 6.54 Å². The Morgan fingerprint density at radius 1 is 1.39 bits per heavy atom. The molecule has 8 heteroatoms. The van der Waals surface area contributed by atoms with Gasteiger partial charge in [0.05, 0.1) is 18.3 Å². The highest BCUT2D eigenvalue weighted by molar-refractivity contribution is 7.09. The molecule has 1 aliphatic rings. The number of hydrogen-bond donors (Lipinski definition) is 1. The third-order valence-corrected chi connectivity index (χ3v) is 4.70. The standard InChI is InChI=1S/C15H15N5O2S/c21-10-6-13(20(8-10)9-11-2-1-5-23-11)15-18-14(19-22-15)12-7-16-3-4-17-12/h1-5,7,10,13,21H,6,8-9H2. The number of nitrogens with zero attached hydrogens (tertiary/aromatic N) is 5. The van der Waals surface area contributed by atoms with Gasteiger partial charge in [0.1, 0.15) is 5.69 Å². The molecule has 0 spiro atoms. The second-order valence-corrected chi connectivity index (χ2v) is 6.49. The van der Waals surface area contributed by atoms with E-state index in [2.05, 4.69) is 36.5 Å². The molecule has 2 atom stereocenters. The number of likely N-dealkylation sites (tertiary alicyclic amines) is 1. The molecule has 0 bridgehead atoms. The second-order valence-electron chi connectivity index (χ2n) is 5.46. The molecule has 0 radical (unpaired) electrons. The lowest BCUT2D eigenvalue weighted by molar-refractivity contribution is 0.170. The number of aliphatic hydroxyl groups is 1. The maximum absolute atomic E-state index is 10.0. The van der Waals surface area contributed by atoms with Crippen molar-refractivity contribution in [1.29, 1.82) is 0 Å². The van der Waals surface area contributed by atoms with Crippen LogP contribution in [-0.2, 0) is 6.54 Å². The first-order valence-corrected chi connectivity index (χ1v) is 8.22. The fraction of sp³-hybridized carbons (Fsp3) is 0.333. The summed E-state index contributed by atoms with van der Waals surface area (Å²) in [7, 11) is 0. The minimum absolute atomic E-state index is 0.0787. The monoisotopic (exact) mass is 329 g/mol. The van der Waals surface area contributed by atoms with Gasteiger partial charge in [0.15, 0.2) is 0 Å². The van der Waals surface area contributed by atoms with Crippen LogP contribution >= 0.6 is 11.3 Å². The predicted molar refractivity (Wildman–Crippen MR) is 83.4 cm³/mol. The summed E-state index contributed by atoms with van der Waals surface area (Å²) < 4.78 is 5.42. The average Bonchev–Trinajstić information content (AvgIpc) is 3.30. The summed E-state index contributed by atoms with van der Waals surface area (Å²) in [5.41, 5.74) is 0.575. The Labute approximate surface area is 136 Å². The third kappa shape index (κ3) is 3.00. The molecule has 1 saturated heterocycles. The second kappa shape index (κ2) is 6.15. The average molecular weight is 329 g/mol. The lowest BCUT2D eigenvalue weighted by atomic mass is 10.2. The van der Waals surface area contributed by atoms with E-state index in [1.165, 1.54) is 4.88 Å². The maximum Gasteiger partial charge on any atom is 0.244 e. The van der Waals surface area contributed by atoms with Crippen molar-refractivity contribution in [1.82, 2.24) is 25.0 Å². The Bertz CT molecular complexity index is 761. The minimum atomic E-state index is -0.383. The van der Waals surface area contributed by atoms with Crippen LogP contribution < -0.4 is 0 Å². The van der Waals surface area contributed by atoms with Crippen LogP contribution in [0.2, 0.25) is 0 Å². The molecule has 4 heterocycles. The van der Waals surface area contributed by atoms with Gasteiger partial charge in [0.25, 0.3) is 0 Å². The quantitative estimate of drug-likeness (QED) is 0.782. The number of thiophene rings is 1. The van der Waals surface area contributed by atoms with E-state index in [-0.39, 0.29) is 12.1 Å². The summed E-state index contributed by atoms with van der Waals surface area (Å²) >= 11 is 1.70. The lowest BCUT2D eigenvalue weighted by Gasteiger charge is -2.20. The van der Waals surface area contributed by atoms with E-state index in [4.69, 9.17) is 4.52 Å². The highest BCUT2D eigenvalue weighted by Crippen LogP contribution is 2.33. The number of aliphatic hydroxyl groups excluding tert-OH is 1. The van der Waals surface area contributed by atoms with Gasteiger partial charge < -0.3 is 9.63 Å². The van der Waals surface area contributed by atoms with Crippen molar-refractivity contribution >= 4 is 11.3 Å². The van der Waals surface area contributed by atoms with E-state index >= 15 is 0 Å². The zero-order valence-corrected chi connectivity index (χ0v) is 13.1. The van der Waals surface area contributed by atoms with Gasteiger partial charge in [-0.3, -0.25) is 9.88 Å². The fourth-order valence-electron chi connectivity index (χ4n) is 2.80. The Balaban J connectivity index is 1.57. The van der Waals surface area contributed by atoms with Crippen molar-refractivity contribution in [3.8, 4) is 11.5 Å². The van der Waals surface area contributed by atoms with Crippen LogP contribution in [0.5, 0.6) is 0 Å². The summed E-state index contributed by atoms with van der Waals surface area (Å²) in [5, 5.41) is 16.1. The van der Waals surface area contributed by atoms with Gasteiger partial charge in [-0.2, -0.15) is 4.98 Å². The van der Waals surface area contributed by atoms with Crippen molar-refractivity contribution in [3.05, 3.63) is 46.9 Å². The van der Waals surface area contributed by atoms with Gasteiger partial charge in [0.2, 0.25) is 11.7 Å². The zero-order valence-electron chi connectivity index (χ0n) is 12.2. The molecule has 23 heavy (non-hydrogen) atoms. The molecule has 0 aliphatic carbocycles. The zero-order chi connectivity index (χ0) is 15.6. The summed E-state index contributed by atoms with van der Waals surface area (Å²) in [6, 6.07) is 4.04. The third-order valence-electron chi connectivity index (χ3n) is 3.84. The van der Waals surface area contributed by atoms with E-state index in [9.17, 15) is 5.11 Å². The number of aromatic nitrogens is 4. The van der Waals surface area contributed by atoms with Crippen molar-refractivity contribution in [2.45, 2.75) is 25.1 Å². The van der Waals surface area contributed by atoms with Gasteiger partial charge in [0, 0.05) is 30.4 Å². The SMILES string of the molecule is OC1CC(c2nc(-c3cnccn3)no2)N(Cc2cccs2)C1. The van der Waals surface area contributed by atoms with Crippen LogP contribution in [0.4, 0.5) is 0 Å². The van der Waals surface area contributed by atoms with Crippen molar-refractivity contribution in [2.24, 2.45) is 0 Å². The Kier molecular flexibility index (Phi) is 3.86. The van der Waals surface area contributed by atoms with Gasteiger partial charge in [-0.1, -0.05) is 11.2 Å². The molecule has 1 N–H and O–H groups in total. The molecule has 2 unspecified atom stereocenters. The summed E-state index contributed by atoms with van der Waals surface area (Å²) in [5.74, 6) is 0.935. The van der Waals surface area contributed by atoms with Crippen LogP contribution in [0.1, 0.15) is 23.2 Å². The summed E-state index contributed by atoms with van der Waals surface area (Å²) in [6.45, 7) is 1.37. The molecular formula is C15H15N5O2S. The number of hydrogen-bond acceptors (Lipinski definition) is 8. The summed E-state index contributed by atoms with van der Waals surface area (Å²) in [6.07, 6.45) is 5.00. The van der Waals surface area contributed by atoms with Crippen LogP contribution in [0.3, 0.4) is 0 Å². The molecule has 0 saturated carbocycles. The number of rotatable bonds is 4. The largest absolute Gasteiger partial charge is 0.392 e. The highest BCUT2D eigenvalue weighted by Gasteiger charge is 2.36. The molecule has 1 aliphatic heterocycles. The number of β-amino-alcohol motifs (C(OH)–C–C–N with tert-alkyl or cyclic N) is 1. The normalized spacial score (nSPS) is 21.8. The Morgan fingerprint density at radius 3 is 3.13 bits per heavy atom. The van der Waals surface area contributed by atoms with Crippen LogP contribution in [-0.4, -0.2) is 42.8 Å². The van der Waals surface area contributed by atoms with Crippen molar-refractivity contribution < 1.29 is 9.63 Å². The molecule has 4 rings (SSSR count). The van der Waals surface area contributed by atoms with Crippen LogP contribution in [0, 0.1) is 0 Å². The molecule has 0 amide bonds. The van der Waals surface area contributed by atoms with E-state index in [1.807, 2.05) is 6.07 Å². The van der Waals surface area contributed by atoms with Gasteiger partial charge in [-0.05, 0) is 17.9 Å². The highest BCUT2D eigenvalue weighted by atomic mass is 32.1. The van der Waals surface area contributed by atoms with E-state index in [0.29, 0.717) is 30.4 Å². The Hall–Kier alpha value is -2.16. The molecule has 118 valence electrons. The molecule has 3 aromatic heterocycles. The van der Waals surface area contributed by atoms with E-state index < -0.39 is 0 Å². The van der Waals surface area contributed by atoms with Gasteiger partial charge >= 0.3 is 0 Å². The maximum atomic E-state index is 10.0. The first-order chi connectivity index (χ1) is 11.3. The summed E-state index contributed by atoms with van der Waals surface area (Å²) in [4.78, 5) is 16.1. The van der Waals surface area contributed by atoms with Crippen LogP contribution in [0.25, 0.3) is 11.5 Å². The first-order valence-electron chi connectivity index (χ1n) is 7.34. The van der Waals surface area contributed by atoms with Gasteiger partial charge in [-0.25, -0.2) is 4.98 Å². The molecule has 0 aromatic carbocycles. The Morgan fingerprint density at radius 2 is 2.35 bits per heavy atom. The van der Waals surface area contributed by atoms with Gasteiger partial charge in [-0.15, -0.1) is 11.3 Å². The minimum Gasteiger partial charge on any atom is -0.392 e. The van der Waals surface area contributed by atoms with E-state index in [1.54, 1.807) is 29.9 Å². The molecule has 7 nitrogen and oxygen atoms in total. The smallest absolute Gasteiger partial charge is 0.244 e. The molecular weight excluding hydrogens is 314 g/mol. The van der Waals surface area contributed by atoms with Crippen LogP contribution in [0.15, 0.2) is 40.6 Å². The first kappa shape index (κ1) is 14.4. The predicted octanol–water partition coefficient (Wildman–Crippen LogP) is 1.90. The fourth-order valence-corrected chi connectivity index (χ4v) is 3.53. The van der Waals surface area contributed by atoms with Crippen molar-refractivity contribution in [2.75, 3.05) is 6.54 Å². The lowest BCUT2D eigenvalue weighted by Crippen LogP contribution is -2.24. The van der Waals surface area contributed by atoms with Crippen molar-refractivity contribution in [3.63, 3.8) is 0 Å². The molecule has 3 aromatic rings. The molecule has 1 fully saturated rings. The topological polar surface area (TPSA) is 88.2 Å².